The van der Waals surface area contributed by atoms with Crippen molar-refractivity contribution >= 4 is 11.8 Å². The Bertz CT molecular complexity index is 690. The molecule has 148 valence electrons. The smallest absolute Gasteiger partial charge is 0.302 e. The first-order chi connectivity index (χ1) is 13.0. The van der Waals surface area contributed by atoms with Gasteiger partial charge in [0.25, 0.3) is 0 Å². The summed E-state index contributed by atoms with van der Waals surface area (Å²) in [7, 11) is 0. The average molecular weight is 373 g/mol. The maximum atomic E-state index is 13.0. The number of rotatable bonds is 4. The lowest BCUT2D eigenvalue weighted by molar-refractivity contribution is -0.154. The second-order valence-corrected chi connectivity index (χ2v) is 8.81. The molecule has 0 radical (unpaired) electrons. The van der Waals surface area contributed by atoms with Crippen LogP contribution in [0.3, 0.4) is 0 Å². The van der Waals surface area contributed by atoms with Crippen LogP contribution < -0.4 is 0 Å². The highest BCUT2D eigenvalue weighted by Crippen LogP contribution is 2.61. The summed E-state index contributed by atoms with van der Waals surface area (Å²) in [5, 5.41) is 0. The van der Waals surface area contributed by atoms with Crippen LogP contribution in [0.15, 0.2) is 23.5 Å². The van der Waals surface area contributed by atoms with Crippen LogP contribution in [-0.2, 0) is 19.1 Å². The number of carbonyl (C=O) groups excluding carboxylic acids is 2. The van der Waals surface area contributed by atoms with Gasteiger partial charge in [-0.15, -0.1) is 0 Å². The largest absolute Gasteiger partial charge is 0.498 e. The fourth-order valence-electron chi connectivity index (χ4n) is 6.78. The predicted molar refractivity (Wildman–Crippen MR) is 103 cm³/mol. The molecule has 1 unspecified atom stereocenters. The van der Waals surface area contributed by atoms with Gasteiger partial charge in [-0.2, -0.15) is 0 Å². The summed E-state index contributed by atoms with van der Waals surface area (Å²) in [6.07, 6.45) is 10.9. The Morgan fingerprint density at radius 3 is 2.78 bits per heavy atom. The standard InChI is InChI=1S/C23H32O4/c1-4-23-11-10-18-17-9-7-16(26-5-2)12-15(17)6-8-19(18)22(23)20(13-21(23)25)27-14(3)24/h6,12,17-20,22H,4-5,7-11,13H2,1-3H3/t17-,18+,19+,20?,22+,23+/m0/s1. The molecule has 27 heavy (non-hydrogen) atoms. The van der Waals surface area contributed by atoms with E-state index in [0.29, 0.717) is 30.0 Å². The van der Waals surface area contributed by atoms with E-state index >= 15 is 0 Å². The topological polar surface area (TPSA) is 52.6 Å². The van der Waals surface area contributed by atoms with Crippen molar-refractivity contribution in [2.24, 2.45) is 29.1 Å². The van der Waals surface area contributed by atoms with Crippen LogP contribution in [0.2, 0.25) is 0 Å². The maximum Gasteiger partial charge on any atom is 0.302 e. The first-order valence-corrected chi connectivity index (χ1v) is 10.7. The number of esters is 1. The second kappa shape index (κ2) is 7.10. The molecule has 0 amide bonds. The van der Waals surface area contributed by atoms with Gasteiger partial charge in [-0.1, -0.05) is 13.0 Å². The van der Waals surface area contributed by atoms with Crippen molar-refractivity contribution in [3.05, 3.63) is 23.5 Å². The summed E-state index contributed by atoms with van der Waals surface area (Å²) in [6.45, 7) is 6.37. The lowest BCUT2D eigenvalue weighted by atomic mass is 9.52. The molecule has 4 aliphatic rings. The summed E-state index contributed by atoms with van der Waals surface area (Å²) < 4.78 is 11.5. The summed E-state index contributed by atoms with van der Waals surface area (Å²) in [4.78, 5) is 24.7. The Morgan fingerprint density at radius 2 is 2.07 bits per heavy atom. The number of Topliss-reactive ketones (excluding diaryl/α,β-unsaturated/α-hetero) is 1. The predicted octanol–water partition coefficient (Wildman–Crippen LogP) is 4.59. The normalized spacial score (nSPS) is 40.3. The summed E-state index contributed by atoms with van der Waals surface area (Å²) >= 11 is 0. The van der Waals surface area contributed by atoms with Crippen molar-refractivity contribution in [2.75, 3.05) is 6.61 Å². The first kappa shape index (κ1) is 18.8. The number of ketones is 1. The monoisotopic (exact) mass is 372 g/mol. The number of fused-ring (bicyclic) bond motifs is 5. The molecule has 0 saturated heterocycles. The third-order valence-electron chi connectivity index (χ3n) is 7.79. The van der Waals surface area contributed by atoms with Gasteiger partial charge < -0.3 is 9.47 Å². The van der Waals surface area contributed by atoms with Crippen LogP contribution in [0.1, 0.15) is 65.7 Å². The Labute approximate surface area is 162 Å². The van der Waals surface area contributed by atoms with E-state index in [2.05, 4.69) is 19.1 Å². The van der Waals surface area contributed by atoms with E-state index in [1.807, 2.05) is 6.92 Å². The van der Waals surface area contributed by atoms with Crippen LogP contribution in [0.5, 0.6) is 0 Å². The van der Waals surface area contributed by atoms with Crippen molar-refractivity contribution in [1.29, 1.82) is 0 Å². The Morgan fingerprint density at radius 1 is 1.26 bits per heavy atom. The third kappa shape index (κ3) is 2.96. The zero-order valence-electron chi connectivity index (χ0n) is 16.8. The Balaban J connectivity index is 1.66. The highest BCUT2D eigenvalue weighted by molar-refractivity contribution is 5.89. The number of ether oxygens (including phenoxy) is 2. The van der Waals surface area contributed by atoms with Crippen LogP contribution in [0.4, 0.5) is 0 Å². The third-order valence-corrected chi connectivity index (χ3v) is 7.79. The van der Waals surface area contributed by atoms with Gasteiger partial charge in [0.15, 0.2) is 0 Å². The average Bonchev–Trinajstić information content (AvgIpc) is 2.93. The van der Waals surface area contributed by atoms with Gasteiger partial charge in [0.2, 0.25) is 0 Å². The molecule has 0 aromatic carbocycles. The molecule has 0 aromatic heterocycles. The Kier molecular flexibility index (Phi) is 4.94. The number of hydrogen-bond acceptors (Lipinski definition) is 4. The summed E-state index contributed by atoms with van der Waals surface area (Å²) in [5.74, 6) is 2.99. The molecule has 0 spiro atoms. The molecule has 0 aromatic rings. The molecule has 4 heteroatoms. The minimum Gasteiger partial charge on any atom is -0.498 e. The van der Waals surface area contributed by atoms with E-state index in [1.165, 1.54) is 12.5 Å². The van der Waals surface area contributed by atoms with Crippen molar-refractivity contribution in [1.82, 2.24) is 0 Å². The lowest BCUT2D eigenvalue weighted by Crippen LogP contribution is -2.49. The lowest BCUT2D eigenvalue weighted by Gasteiger charge is -2.52. The highest BCUT2D eigenvalue weighted by Gasteiger charge is 2.62. The minimum atomic E-state index is -0.270. The number of allylic oxidation sites excluding steroid dienone is 4. The molecule has 6 atom stereocenters. The molecule has 0 N–H and O–H groups in total. The SMILES string of the molecule is CCOC1=CC2=CC[C@@H]3[C@H](CC[C@]4(CC)C(=O)CC(OC(C)=O)[C@@H]34)[C@H]2CC1. The summed E-state index contributed by atoms with van der Waals surface area (Å²) in [6, 6.07) is 0. The molecule has 4 nitrogen and oxygen atoms in total. The van der Waals surface area contributed by atoms with E-state index < -0.39 is 0 Å². The molecule has 0 bridgehead atoms. The van der Waals surface area contributed by atoms with Crippen LogP contribution in [0, 0.1) is 29.1 Å². The second-order valence-electron chi connectivity index (χ2n) is 8.81. The van der Waals surface area contributed by atoms with E-state index in [1.54, 1.807) is 0 Å². The highest BCUT2D eigenvalue weighted by atomic mass is 16.5. The zero-order chi connectivity index (χ0) is 19.2. The molecule has 2 saturated carbocycles. The zero-order valence-corrected chi connectivity index (χ0v) is 16.8. The van der Waals surface area contributed by atoms with Crippen molar-refractivity contribution in [3.8, 4) is 0 Å². The first-order valence-electron chi connectivity index (χ1n) is 10.7. The fourth-order valence-corrected chi connectivity index (χ4v) is 6.78. The molecule has 4 aliphatic carbocycles. The van der Waals surface area contributed by atoms with Gasteiger partial charge in [0, 0.05) is 31.1 Å². The molecule has 0 aliphatic heterocycles. The van der Waals surface area contributed by atoms with Gasteiger partial charge in [0.1, 0.15) is 11.9 Å². The van der Waals surface area contributed by atoms with Gasteiger partial charge in [-0.05, 0) is 68.4 Å². The molecular weight excluding hydrogens is 340 g/mol. The van der Waals surface area contributed by atoms with E-state index in [9.17, 15) is 9.59 Å². The van der Waals surface area contributed by atoms with Gasteiger partial charge in [-0.25, -0.2) is 0 Å². The van der Waals surface area contributed by atoms with Crippen LogP contribution >= 0.6 is 0 Å². The fraction of sp³-hybridized carbons (Fsp3) is 0.739. The van der Waals surface area contributed by atoms with Crippen LogP contribution in [-0.4, -0.2) is 24.5 Å². The van der Waals surface area contributed by atoms with E-state index in [0.717, 1.165) is 50.9 Å². The van der Waals surface area contributed by atoms with Crippen LogP contribution in [0.25, 0.3) is 0 Å². The van der Waals surface area contributed by atoms with Gasteiger partial charge in [-0.3, -0.25) is 9.59 Å². The van der Waals surface area contributed by atoms with Crippen molar-refractivity contribution < 1.29 is 19.1 Å². The number of hydrogen-bond donors (Lipinski definition) is 0. The number of carbonyl (C=O) groups is 2. The van der Waals surface area contributed by atoms with E-state index in [-0.39, 0.29) is 23.4 Å². The van der Waals surface area contributed by atoms with E-state index in [4.69, 9.17) is 9.47 Å². The molecule has 2 fully saturated rings. The van der Waals surface area contributed by atoms with Crippen molar-refractivity contribution in [2.45, 2.75) is 71.8 Å². The van der Waals surface area contributed by atoms with Gasteiger partial charge >= 0.3 is 5.97 Å². The molecule has 4 rings (SSSR count). The Hall–Kier alpha value is -1.58. The van der Waals surface area contributed by atoms with Gasteiger partial charge in [0.05, 0.1) is 12.4 Å². The summed E-state index contributed by atoms with van der Waals surface area (Å²) in [5.41, 5.74) is 1.16. The molecular formula is C23H32O4. The molecule has 0 heterocycles. The minimum absolute atomic E-state index is 0.188. The van der Waals surface area contributed by atoms with Crippen molar-refractivity contribution in [3.63, 3.8) is 0 Å². The quantitative estimate of drug-likeness (QED) is 0.677. The maximum absolute atomic E-state index is 13.0.